The Morgan fingerprint density at radius 1 is 1.19 bits per heavy atom. The smallest absolute Gasteiger partial charge is 0.261 e. The van der Waals surface area contributed by atoms with Crippen LogP contribution in [0, 0.1) is 5.82 Å². The molecule has 4 aromatic rings. The summed E-state index contributed by atoms with van der Waals surface area (Å²) in [5.74, 6) is 0.764. The van der Waals surface area contributed by atoms with Crippen molar-refractivity contribution in [2.45, 2.75) is 6.54 Å². The van der Waals surface area contributed by atoms with E-state index in [-0.39, 0.29) is 12.1 Å². The summed E-state index contributed by atoms with van der Waals surface area (Å²) in [6.45, 7) is 0.207. The Labute approximate surface area is 147 Å². The van der Waals surface area contributed by atoms with Crippen molar-refractivity contribution < 1.29 is 13.5 Å². The fourth-order valence-corrected chi connectivity index (χ4v) is 2.66. The SMILES string of the molecule is COc1ccc(-c2nc(Cn3cnc4cc(F)ccc4c3=O)co2)cc1. The molecule has 130 valence electrons. The van der Waals surface area contributed by atoms with Crippen LogP contribution < -0.4 is 10.3 Å². The van der Waals surface area contributed by atoms with E-state index in [0.29, 0.717) is 22.5 Å². The van der Waals surface area contributed by atoms with Crippen LogP contribution in [-0.4, -0.2) is 21.6 Å². The van der Waals surface area contributed by atoms with Crippen molar-refractivity contribution in [3.63, 3.8) is 0 Å². The van der Waals surface area contributed by atoms with Crippen molar-refractivity contribution in [2.24, 2.45) is 0 Å². The molecule has 0 atom stereocenters. The van der Waals surface area contributed by atoms with Gasteiger partial charge in [0.05, 0.1) is 36.6 Å². The Balaban J connectivity index is 1.63. The average molecular weight is 351 g/mol. The van der Waals surface area contributed by atoms with E-state index in [4.69, 9.17) is 9.15 Å². The first-order chi connectivity index (χ1) is 12.6. The molecule has 6 nitrogen and oxygen atoms in total. The van der Waals surface area contributed by atoms with Crippen molar-refractivity contribution in [3.8, 4) is 17.2 Å². The zero-order valence-corrected chi connectivity index (χ0v) is 13.8. The molecule has 0 saturated heterocycles. The van der Waals surface area contributed by atoms with Gasteiger partial charge in [0, 0.05) is 11.6 Å². The molecule has 2 aromatic carbocycles. The highest BCUT2D eigenvalue weighted by Gasteiger charge is 2.10. The van der Waals surface area contributed by atoms with Gasteiger partial charge < -0.3 is 9.15 Å². The molecule has 0 N–H and O–H groups in total. The molecule has 0 amide bonds. The van der Waals surface area contributed by atoms with Gasteiger partial charge in [-0.25, -0.2) is 14.4 Å². The zero-order valence-electron chi connectivity index (χ0n) is 13.8. The summed E-state index contributed by atoms with van der Waals surface area (Å²) < 4.78 is 25.3. The summed E-state index contributed by atoms with van der Waals surface area (Å²) in [5, 5.41) is 0.354. The summed E-state index contributed by atoms with van der Waals surface area (Å²) in [4.78, 5) is 21.1. The Morgan fingerprint density at radius 3 is 2.77 bits per heavy atom. The molecule has 7 heteroatoms. The molecule has 0 unspecified atom stereocenters. The van der Waals surface area contributed by atoms with Gasteiger partial charge in [-0.3, -0.25) is 9.36 Å². The molecule has 0 aliphatic heterocycles. The molecule has 0 radical (unpaired) electrons. The molecule has 2 heterocycles. The minimum Gasteiger partial charge on any atom is -0.497 e. The maximum Gasteiger partial charge on any atom is 0.261 e. The lowest BCUT2D eigenvalue weighted by atomic mass is 10.2. The maximum atomic E-state index is 13.2. The first kappa shape index (κ1) is 16.0. The molecule has 0 spiro atoms. The van der Waals surface area contributed by atoms with Crippen LogP contribution in [0.15, 0.2) is 64.3 Å². The number of hydrogen-bond acceptors (Lipinski definition) is 5. The molecule has 4 rings (SSSR count). The highest BCUT2D eigenvalue weighted by atomic mass is 19.1. The second-order valence-electron chi connectivity index (χ2n) is 5.71. The van der Waals surface area contributed by atoms with Crippen LogP contribution in [0.2, 0.25) is 0 Å². The number of hydrogen-bond donors (Lipinski definition) is 0. The van der Waals surface area contributed by atoms with Gasteiger partial charge >= 0.3 is 0 Å². The van der Waals surface area contributed by atoms with Gasteiger partial charge in [-0.1, -0.05) is 0 Å². The lowest BCUT2D eigenvalue weighted by Crippen LogP contribution is -2.21. The highest BCUT2D eigenvalue weighted by molar-refractivity contribution is 5.77. The summed E-state index contributed by atoms with van der Waals surface area (Å²) in [6, 6.07) is 11.2. The van der Waals surface area contributed by atoms with E-state index < -0.39 is 5.82 Å². The molecule has 26 heavy (non-hydrogen) atoms. The molecule has 2 aromatic heterocycles. The number of rotatable bonds is 4. The van der Waals surface area contributed by atoms with Gasteiger partial charge in [0.25, 0.3) is 5.56 Å². The number of fused-ring (bicyclic) bond motifs is 1. The van der Waals surface area contributed by atoms with Gasteiger partial charge in [0.2, 0.25) is 5.89 Å². The van der Waals surface area contributed by atoms with Crippen LogP contribution in [0.1, 0.15) is 5.69 Å². The molecule has 0 saturated carbocycles. The number of nitrogens with zero attached hydrogens (tertiary/aromatic N) is 3. The summed E-state index contributed by atoms with van der Waals surface area (Å²) in [5.41, 5.74) is 1.45. The Morgan fingerprint density at radius 2 is 2.00 bits per heavy atom. The monoisotopic (exact) mass is 351 g/mol. The Bertz CT molecular complexity index is 1130. The van der Waals surface area contributed by atoms with Crippen molar-refractivity contribution in [1.29, 1.82) is 0 Å². The van der Waals surface area contributed by atoms with Crippen LogP contribution in [0.3, 0.4) is 0 Å². The van der Waals surface area contributed by atoms with Crippen LogP contribution in [0.4, 0.5) is 4.39 Å². The van der Waals surface area contributed by atoms with Gasteiger partial charge in [0.1, 0.15) is 17.8 Å². The van der Waals surface area contributed by atoms with Gasteiger partial charge in [-0.15, -0.1) is 0 Å². The molecule has 0 bridgehead atoms. The Hall–Kier alpha value is -3.48. The van der Waals surface area contributed by atoms with E-state index in [1.54, 1.807) is 7.11 Å². The van der Waals surface area contributed by atoms with Crippen molar-refractivity contribution in [3.05, 3.63) is 76.9 Å². The Kier molecular flexibility index (Phi) is 3.96. The fourth-order valence-electron chi connectivity index (χ4n) is 2.66. The maximum absolute atomic E-state index is 13.2. The van der Waals surface area contributed by atoms with Crippen LogP contribution in [-0.2, 0) is 6.54 Å². The normalized spacial score (nSPS) is 11.0. The topological polar surface area (TPSA) is 70.2 Å². The second kappa shape index (κ2) is 6.44. The number of ether oxygens (including phenoxy) is 1. The molecule has 0 aliphatic carbocycles. The molecule has 0 fully saturated rings. The van der Waals surface area contributed by atoms with E-state index >= 15 is 0 Å². The standard InChI is InChI=1S/C19H14FN3O3/c1-25-15-5-2-12(3-6-15)18-22-14(10-26-18)9-23-11-21-17-8-13(20)4-7-16(17)19(23)24/h2-8,10-11H,9H2,1H3. The molecular formula is C19H14FN3O3. The van der Waals surface area contributed by atoms with Crippen LogP contribution >= 0.6 is 0 Å². The third kappa shape index (κ3) is 2.95. The summed E-state index contributed by atoms with van der Waals surface area (Å²) in [6.07, 6.45) is 2.88. The molecular weight excluding hydrogens is 337 g/mol. The fraction of sp³-hybridized carbons (Fsp3) is 0.105. The minimum absolute atomic E-state index is 0.207. The van der Waals surface area contributed by atoms with Crippen LogP contribution in [0.5, 0.6) is 5.75 Å². The summed E-state index contributed by atoms with van der Waals surface area (Å²) >= 11 is 0. The summed E-state index contributed by atoms with van der Waals surface area (Å²) in [7, 11) is 1.60. The van der Waals surface area contributed by atoms with E-state index in [9.17, 15) is 9.18 Å². The number of aromatic nitrogens is 3. The van der Waals surface area contributed by atoms with Gasteiger partial charge in [-0.2, -0.15) is 0 Å². The lowest BCUT2D eigenvalue weighted by molar-refractivity contribution is 0.415. The quantitative estimate of drug-likeness (QED) is 0.564. The number of oxazole rings is 1. The van der Waals surface area contributed by atoms with Gasteiger partial charge in [0.15, 0.2) is 0 Å². The van der Waals surface area contributed by atoms with E-state index in [2.05, 4.69) is 9.97 Å². The van der Waals surface area contributed by atoms with E-state index in [1.165, 1.54) is 35.4 Å². The third-order valence-electron chi connectivity index (χ3n) is 4.01. The second-order valence-corrected chi connectivity index (χ2v) is 5.71. The first-order valence-corrected chi connectivity index (χ1v) is 7.87. The number of benzene rings is 2. The predicted octanol–water partition coefficient (Wildman–Crippen LogP) is 3.25. The number of halogens is 1. The van der Waals surface area contributed by atoms with Crippen LogP contribution in [0.25, 0.3) is 22.4 Å². The first-order valence-electron chi connectivity index (χ1n) is 7.87. The van der Waals surface area contributed by atoms with Gasteiger partial charge in [-0.05, 0) is 36.4 Å². The van der Waals surface area contributed by atoms with Crippen molar-refractivity contribution >= 4 is 10.9 Å². The molecule has 0 aliphatic rings. The van der Waals surface area contributed by atoms with E-state index in [0.717, 1.165) is 11.3 Å². The minimum atomic E-state index is -0.428. The van der Waals surface area contributed by atoms with Crippen molar-refractivity contribution in [1.82, 2.24) is 14.5 Å². The van der Waals surface area contributed by atoms with Crippen molar-refractivity contribution in [2.75, 3.05) is 7.11 Å². The number of methoxy groups -OCH3 is 1. The third-order valence-corrected chi connectivity index (χ3v) is 4.01. The predicted molar refractivity (Wildman–Crippen MR) is 93.6 cm³/mol. The zero-order chi connectivity index (χ0) is 18.1. The van der Waals surface area contributed by atoms with E-state index in [1.807, 2.05) is 24.3 Å². The lowest BCUT2D eigenvalue weighted by Gasteiger charge is -2.04. The largest absolute Gasteiger partial charge is 0.497 e. The highest BCUT2D eigenvalue weighted by Crippen LogP contribution is 2.22. The average Bonchev–Trinajstić information content (AvgIpc) is 3.13.